The summed E-state index contributed by atoms with van der Waals surface area (Å²) in [6.45, 7) is 3.67. The number of sulfonamides is 1. The Morgan fingerprint density at radius 3 is 2.60 bits per heavy atom. The first-order valence-corrected chi connectivity index (χ1v) is 8.66. The van der Waals surface area contributed by atoms with Gasteiger partial charge in [-0.1, -0.05) is 30.7 Å². The Bertz CT molecular complexity index is 562. The summed E-state index contributed by atoms with van der Waals surface area (Å²) in [6, 6.07) is 4.89. The maximum absolute atomic E-state index is 12.5. The zero-order valence-corrected chi connectivity index (χ0v) is 13.2. The molecule has 1 aliphatic carbocycles. The van der Waals surface area contributed by atoms with Crippen molar-refractivity contribution in [1.29, 1.82) is 0 Å². The Hall–Kier alpha value is -0.620. The predicted molar refractivity (Wildman–Crippen MR) is 79.3 cm³/mol. The largest absolute Gasteiger partial charge is 0.393 e. The lowest BCUT2D eigenvalue weighted by Gasteiger charge is -2.37. The first-order valence-electron chi connectivity index (χ1n) is 6.80. The highest BCUT2D eigenvalue weighted by molar-refractivity contribution is 7.89. The number of hydrogen-bond acceptors (Lipinski definition) is 3. The highest BCUT2D eigenvalue weighted by atomic mass is 35.5. The standard InChI is InChI=1S/C14H20ClNO3S/c1-3-13(10-7-11(17)8-10)16-20(18,19)14-9(2)5-4-6-12(14)15/h4-6,10-11,13,16-17H,3,7-8H2,1-2H3/t10?,11?,13-/m1/s1. The molecule has 6 heteroatoms. The van der Waals surface area contributed by atoms with E-state index in [9.17, 15) is 13.5 Å². The van der Waals surface area contributed by atoms with Crippen LogP contribution >= 0.6 is 11.6 Å². The third kappa shape index (κ3) is 3.17. The van der Waals surface area contributed by atoms with Gasteiger partial charge in [0.15, 0.2) is 0 Å². The summed E-state index contributed by atoms with van der Waals surface area (Å²) in [5.41, 5.74) is 0.633. The van der Waals surface area contributed by atoms with Crippen LogP contribution in [-0.4, -0.2) is 25.7 Å². The Kier molecular flexibility index (Phi) is 4.74. The van der Waals surface area contributed by atoms with E-state index in [-0.39, 0.29) is 28.0 Å². The first-order chi connectivity index (χ1) is 9.35. The summed E-state index contributed by atoms with van der Waals surface area (Å²) in [5.74, 6) is 0.201. The van der Waals surface area contributed by atoms with Gasteiger partial charge in [0.1, 0.15) is 4.90 Å². The van der Waals surface area contributed by atoms with Crippen molar-refractivity contribution in [1.82, 2.24) is 4.72 Å². The van der Waals surface area contributed by atoms with Gasteiger partial charge in [0.25, 0.3) is 0 Å². The summed E-state index contributed by atoms with van der Waals surface area (Å²) in [6.07, 6.45) is 1.71. The molecule has 1 aromatic rings. The smallest absolute Gasteiger partial charge is 0.242 e. The molecule has 0 aromatic heterocycles. The number of aliphatic hydroxyl groups is 1. The fourth-order valence-electron chi connectivity index (χ4n) is 2.69. The van der Waals surface area contributed by atoms with Gasteiger partial charge < -0.3 is 5.11 Å². The maximum Gasteiger partial charge on any atom is 0.242 e. The molecule has 1 aliphatic rings. The molecule has 0 heterocycles. The highest BCUT2D eigenvalue weighted by Crippen LogP contribution is 2.33. The number of nitrogens with one attached hydrogen (secondary N) is 1. The van der Waals surface area contributed by atoms with Gasteiger partial charge in [-0.15, -0.1) is 0 Å². The lowest BCUT2D eigenvalue weighted by molar-refractivity contribution is 0.0277. The summed E-state index contributed by atoms with van der Waals surface area (Å²) in [5, 5.41) is 9.61. The molecule has 0 unspecified atom stereocenters. The number of benzene rings is 1. The minimum atomic E-state index is -3.64. The zero-order chi connectivity index (χ0) is 14.9. The molecule has 2 rings (SSSR count). The lowest BCUT2D eigenvalue weighted by Crippen LogP contribution is -2.46. The third-order valence-corrected chi connectivity index (χ3v) is 6.02. The molecule has 0 radical (unpaired) electrons. The van der Waals surface area contributed by atoms with E-state index in [0.717, 1.165) is 0 Å². The predicted octanol–water partition coefficient (Wildman–Crippen LogP) is 2.48. The summed E-state index contributed by atoms with van der Waals surface area (Å²) >= 11 is 6.03. The highest BCUT2D eigenvalue weighted by Gasteiger charge is 2.35. The molecule has 0 amide bonds. The number of hydrogen-bond donors (Lipinski definition) is 2. The number of aryl methyl sites for hydroxylation is 1. The van der Waals surface area contributed by atoms with Crippen LogP contribution in [0.15, 0.2) is 23.1 Å². The molecule has 2 N–H and O–H groups in total. The van der Waals surface area contributed by atoms with Crippen LogP contribution in [0.25, 0.3) is 0 Å². The van der Waals surface area contributed by atoms with Gasteiger partial charge in [0.2, 0.25) is 10.0 Å². The van der Waals surface area contributed by atoms with Gasteiger partial charge in [0, 0.05) is 6.04 Å². The van der Waals surface area contributed by atoms with E-state index in [4.69, 9.17) is 11.6 Å². The number of aliphatic hydroxyl groups excluding tert-OH is 1. The van der Waals surface area contributed by atoms with Crippen LogP contribution < -0.4 is 4.72 Å². The molecule has 0 aliphatic heterocycles. The van der Waals surface area contributed by atoms with Crippen molar-refractivity contribution in [2.24, 2.45) is 5.92 Å². The van der Waals surface area contributed by atoms with Crippen LogP contribution in [0.4, 0.5) is 0 Å². The topological polar surface area (TPSA) is 66.4 Å². The Morgan fingerprint density at radius 1 is 1.45 bits per heavy atom. The summed E-state index contributed by atoms with van der Waals surface area (Å²) < 4.78 is 27.8. The van der Waals surface area contributed by atoms with E-state index in [2.05, 4.69) is 4.72 Å². The Morgan fingerprint density at radius 2 is 2.10 bits per heavy atom. The SMILES string of the molecule is CC[C@@H](NS(=O)(=O)c1c(C)cccc1Cl)C1CC(O)C1. The average molecular weight is 318 g/mol. The first kappa shape index (κ1) is 15.8. The lowest BCUT2D eigenvalue weighted by atomic mass is 9.77. The number of halogens is 1. The fraction of sp³-hybridized carbons (Fsp3) is 0.571. The Labute approximate surface area is 125 Å². The van der Waals surface area contributed by atoms with Gasteiger partial charge >= 0.3 is 0 Å². The van der Waals surface area contributed by atoms with Crippen molar-refractivity contribution < 1.29 is 13.5 Å². The van der Waals surface area contributed by atoms with Crippen LogP contribution in [0.3, 0.4) is 0 Å². The monoisotopic (exact) mass is 317 g/mol. The minimum Gasteiger partial charge on any atom is -0.393 e. The quantitative estimate of drug-likeness (QED) is 0.876. The molecular weight excluding hydrogens is 298 g/mol. The van der Waals surface area contributed by atoms with Crippen LogP contribution in [0.5, 0.6) is 0 Å². The van der Waals surface area contributed by atoms with E-state index in [1.807, 2.05) is 6.92 Å². The van der Waals surface area contributed by atoms with Crippen LogP contribution in [0.1, 0.15) is 31.7 Å². The van der Waals surface area contributed by atoms with Crippen LogP contribution in [-0.2, 0) is 10.0 Å². The van der Waals surface area contributed by atoms with Gasteiger partial charge in [-0.3, -0.25) is 0 Å². The second kappa shape index (κ2) is 6.02. The van der Waals surface area contributed by atoms with Crippen molar-refractivity contribution in [3.05, 3.63) is 28.8 Å². The molecule has 1 fully saturated rings. The maximum atomic E-state index is 12.5. The normalized spacial score (nSPS) is 24.2. The molecule has 4 nitrogen and oxygen atoms in total. The van der Waals surface area contributed by atoms with E-state index in [0.29, 0.717) is 24.8 Å². The zero-order valence-electron chi connectivity index (χ0n) is 11.6. The molecule has 1 atom stereocenters. The third-order valence-electron chi connectivity index (χ3n) is 3.90. The molecular formula is C14H20ClNO3S. The van der Waals surface area contributed by atoms with Gasteiger partial charge in [-0.2, -0.15) is 0 Å². The van der Waals surface area contributed by atoms with Gasteiger partial charge in [-0.05, 0) is 43.7 Å². The van der Waals surface area contributed by atoms with Crippen LogP contribution in [0, 0.1) is 12.8 Å². The van der Waals surface area contributed by atoms with Crippen molar-refractivity contribution in [3.8, 4) is 0 Å². The van der Waals surface area contributed by atoms with Crippen molar-refractivity contribution >= 4 is 21.6 Å². The summed E-state index contributed by atoms with van der Waals surface area (Å²) in [4.78, 5) is 0.153. The van der Waals surface area contributed by atoms with Gasteiger partial charge in [0.05, 0.1) is 11.1 Å². The fourth-order valence-corrected chi connectivity index (χ4v) is 4.91. The van der Waals surface area contributed by atoms with Crippen molar-refractivity contribution in [2.45, 2.75) is 50.2 Å². The molecule has 1 saturated carbocycles. The number of rotatable bonds is 5. The van der Waals surface area contributed by atoms with Crippen LogP contribution in [0.2, 0.25) is 5.02 Å². The molecule has 0 saturated heterocycles. The van der Waals surface area contributed by atoms with Gasteiger partial charge in [-0.25, -0.2) is 13.1 Å². The van der Waals surface area contributed by atoms with E-state index < -0.39 is 10.0 Å². The van der Waals surface area contributed by atoms with Crippen molar-refractivity contribution in [3.63, 3.8) is 0 Å². The molecule has 0 spiro atoms. The molecule has 20 heavy (non-hydrogen) atoms. The second-order valence-corrected chi connectivity index (χ2v) is 7.47. The average Bonchev–Trinajstić information content (AvgIpc) is 2.32. The molecule has 0 bridgehead atoms. The van der Waals surface area contributed by atoms with E-state index in [1.165, 1.54) is 0 Å². The minimum absolute atomic E-state index is 0.153. The second-order valence-electron chi connectivity index (χ2n) is 5.41. The van der Waals surface area contributed by atoms with E-state index in [1.54, 1.807) is 25.1 Å². The summed E-state index contributed by atoms with van der Waals surface area (Å²) in [7, 11) is -3.64. The van der Waals surface area contributed by atoms with E-state index >= 15 is 0 Å². The Balaban J connectivity index is 2.22. The molecule has 112 valence electrons. The molecule has 1 aromatic carbocycles. The van der Waals surface area contributed by atoms with Crippen molar-refractivity contribution in [2.75, 3.05) is 0 Å².